The van der Waals surface area contributed by atoms with Crippen molar-refractivity contribution in [2.24, 2.45) is 12.2 Å². The maximum atomic E-state index is 12.1. The summed E-state index contributed by atoms with van der Waals surface area (Å²) in [5.41, 5.74) is 3.13. The van der Waals surface area contributed by atoms with Crippen LogP contribution in [-0.2, 0) is 7.05 Å². The highest BCUT2D eigenvalue weighted by Crippen LogP contribution is 2.13. The fraction of sp³-hybridized carbons (Fsp3) is 0.214. The summed E-state index contributed by atoms with van der Waals surface area (Å²) in [4.78, 5) is 12.1. The minimum Gasteiger partial charge on any atom is -0.411 e. The lowest BCUT2D eigenvalue weighted by Gasteiger charge is -2.07. The molecule has 0 saturated heterocycles. The number of hydrogen-bond donors (Lipinski definition) is 2. The molecule has 6 heteroatoms. The molecule has 104 valence electrons. The van der Waals surface area contributed by atoms with Crippen molar-refractivity contribution in [3.05, 3.63) is 47.3 Å². The monoisotopic (exact) mass is 272 g/mol. The molecule has 20 heavy (non-hydrogen) atoms. The second-order valence-electron chi connectivity index (χ2n) is 4.51. The van der Waals surface area contributed by atoms with Crippen LogP contribution in [0.4, 0.5) is 5.69 Å². The molecule has 0 fully saturated rings. The van der Waals surface area contributed by atoms with E-state index >= 15 is 0 Å². The standard InChI is InChI=1S/C14H16N4O2/c1-9-7-13(18(3)16-9)14(19)15-12-6-4-5-11(8-12)10(2)17-20/h4-8,20H,1-3H3,(H,15,19). The van der Waals surface area contributed by atoms with E-state index in [9.17, 15) is 4.79 Å². The number of aromatic nitrogens is 2. The summed E-state index contributed by atoms with van der Waals surface area (Å²) in [6.45, 7) is 3.52. The maximum absolute atomic E-state index is 12.1. The van der Waals surface area contributed by atoms with Gasteiger partial charge in [0.25, 0.3) is 5.91 Å². The first-order valence-electron chi connectivity index (χ1n) is 6.12. The Labute approximate surface area is 116 Å². The number of carbonyl (C=O) groups is 1. The van der Waals surface area contributed by atoms with E-state index < -0.39 is 0 Å². The highest BCUT2D eigenvalue weighted by atomic mass is 16.4. The van der Waals surface area contributed by atoms with E-state index in [2.05, 4.69) is 15.6 Å². The topological polar surface area (TPSA) is 79.5 Å². The number of amides is 1. The number of oxime groups is 1. The van der Waals surface area contributed by atoms with E-state index in [0.29, 0.717) is 17.1 Å². The van der Waals surface area contributed by atoms with Crippen LogP contribution in [0.5, 0.6) is 0 Å². The van der Waals surface area contributed by atoms with Crippen LogP contribution in [0.1, 0.15) is 28.7 Å². The smallest absolute Gasteiger partial charge is 0.273 e. The molecule has 1 heterocycles. The van der Waals surface area contributed by atoms with Crippen molar-refractivity contribution in [3.8, 4) is 0 Å². The molecule has 1 amide bonds. The normalized spacial score (nSPS) is 11.4. The van der Waals surface area contributed by atoms with E-state index in [1.54, 1.807) is 44.3 Å². The molecule has 0 saturated carbocycles. The predicted molar refractivity (Wildman–Crippen MR) is 76.3 cm³/mol. The van der Waals surface area contributed by atoms with E-state index in [0.717, 1.165) is 11.3 Å². The van der Waals surface area contributed by atoms with Gasteiger partial charge >= 0.3 is 0 Å². The maximum Gasteiger partial charge on any atom is 0.273 e. The molecule has 1 aromatic carbocycles. The molecule has 1 aromatic heterocycles. The number of hydrogen-bond acceptors (Lipinski definition) is 4. The van der Waals surface area contributed by atoms with Crippen LogP contribution in [0.15, 0.2) is 35.5 Å². The van der Waals surface area contributed by atoms with E-state index in [4.69, 9.17) is 5.21 Å². The Kier molecular flexibility index (Phi) is 3.84. The van der Waals surface area contributed by atoms with E-state index in [1.165, 1.54) is 4.68 Å². The van der Waals surface area contributed by atoms with Gasteiger partial charge in [-0.15, -0.1) is 0 Å². The molecule has 2 N–H and O–H groups in total. The lowest BCUT2D eigenvalue weighted by molar-refractivity contribution is 0.101. The summed E-state index contributed by atoms with van der Waals surface area (Å²) < 4.78 is 1.54. The number of aryl methyl sites for hydroxylation is 2. The predicted octanol–water partition coefficient (Wildman–Crippen LogP) is 2.18. The largest absolute Gasteiger partial charge is 0.411 e. The van der Waals surface area contributed by atoms with Crippen LogP contribution >= 0.6 is 0 Å². The van der Waals surface area contributed by atoms with Gasteiger partial charge in [0.15, 0.2) is 0 Å². The first-order chi connectivity index (χ1) is 9.51. The number of carbonyl (C=O) groups excluding carboxylic acids is 1. The number of rotatable bonds is 3. The second-order valence-corrected chi connectivity index (χ2v) is 4.51. The number of anilines is 1. The summed E-state index contributed by atoms with van der Waals surface area (Å²) in [5, 5.41) is 18.8. The second kappa shape index (κ2) is 5.56. The first-order valence-corrected chi connectivity index (χ1v) is 6.12. The van der Waals surface area contributed by atoms with Gasteiger partial charge in [0.2, 0.25) is 0 Å². The van der Waals surface area contributed by atoms with Crippen LogP contribution in [0.3, 0.4) is 0 Å². The Bertz CT molecular complexity index is 674. The molecule has 0 bridgehead atoms. The van der Waals surface area contributed by atoms with Gasteiger partial charge in [0.05, 0.1) is 11.4 Å². The molecule has 0 aliphatic heterocycles. The molecule has 0 atom stereocenters. The average Bonchev–Trinajstić information content (AvgIpc) is 2.77. The fourth-order valence-electron chi connectivity index (χ4n) is 1.90. The minimum absolute atomic E-state index is 0.233. The fourth-order valence-corrected chi connectivity index (χ4v) is 1.90. The van der Waals surface area contributed by atoms with Gasteiger partial charge in [0, 0.05) is 18.3 Å². The zero-order valence-electron chi connectivity index (χ0n) is 11.6. The van der Waals surface area contributed by atoms with Gasteiger partial charge in [-0.25, -0.2) is 0 Å². The SMILES string of the molecule is CC(=NO)c1cccc(NC(=O)c2cc(C)nn2C)c1. The van der Waals surface area contributed by atoms with Gasteiger partial charge < -0.3 is 10.5 Å². The third-order valence-electron chi connectivity index (χ3n) is 2.92. The van der Waals surface area contributed by atoms with Crippen molar-refractivity contribution < 1.29 is 10.0 Å². The molecule has 0 spiro atoms. The van der Waals surface area contributed by atoms with Gasteiger partial charge in [-0.05, 0) is 32.0 Å². The number of nitrogens with one attached hydrogen (secondary N) is 1. The molecule has 0 aliphatic rings. The minimum atomic E-state index is -0.233. The number of benzene rings is 1. The summed E-state index contributed by atoms with van der Waals surface area (Å²) in [6.07, 6.45) is 0. The quantitative estimate of drug-likeness (QED) is 0.510. The van der Waals surface area contributed by atoms with Gasteiger partial charge in [-0.1, -0.05) is 17.3 Å². The Morgan fingerprint density at radius 3 is 2.75 bits per heavy atom. The first kappa shape index (κ1) is 13.8. The van der Waals surface area contributed by atoms with Crippen LogP contribution in [0.25, 0.3) is 0 Å². The van der Waals surface area contributed by atoms with Crippen molar-refractivity contribution in [1.82, 2.24) is 9.78 Å². The molecule has 0 unspecified atom stereocenters. The van der Waals surface area contributed by atoms with Crippen molar-refractivity contribution in [3.63, 3.8) is 0 Å². The Morgan fingerprint density at radius 2 is 2.15 bits per heavy atom. The molecular weight excluding hydrogens is 256 g/mol. The molecule has 0 aliphatic carbocycles. The molecule has 0 radical (unpaired) electrons. The Hall–Kier alpha value is -2.63. The number of nitrogens with zero attached hydrogens (tertiary/aromatic N) is 3. The van der Waals surface area contributed by atoms with Crippen LogP contribution < -0.4 is 5.32 Å². The molecule has 2 aromatic rings. The van der Waals surface area contributed by atoms with Crippen LogP contribution in [-0.4, -0.2) is 26.6 Å². The summed E-state index contributed by atoms with van der Waals surface area (Å²) in [5.74, 6) is -0.233. The summed E-state index contributed by atoms with van der Waals surface area (Å²) in [7, 11) is 1.72. The van der Waals surface area contributed by atoms with E-state index in [-0.39, 0.29) is 5.91 Å². The van der Waals surface area contributed by atoms with Crippen molar-refractivity contribution in [1.29, 1.82) is 0 Å². The highest BCUT2D eigenvalue weighted by molar-refractivity contribution is 6.04. The van der Waals surface area contributed by atoms with Crippen molar-refractivity contribution in [2.75, 3.05) is 5.32 Å². The van der Waals surface area contributed by atoms with Crippen molar-refractivity contribution >= 4 is 17.3 Å². The van der Waals surface area contributed by atoms with E-state index in [1.807, 2.05) is 6.92 Å². The lowest BCUT2D eigenvalue weighted by atomic mass is 10.1. The lowest BCUT2D eigenvalue weighted by Crippen LogP contribution is -2.16. The molecule has 2 rings (SSSR count). The summed E-state index contributed by atoms with van der Waals surface area (Å²) in [6, 6.07) is 8.83. The van der Waals surface area contributed by atoms with Gasteiger partial charge in [0.1, 0.15) is 5.69 Å². The molecule has 6 nitrogen and oxygen atoms in total. The summed E-state index contributed by atoms with van der Waals surface area (Å²) >= 11 is 0. The highest BCUT2D eigenvalue weighted by Gasteiger charge is 2.12. The Balaban J connectivity index is 2.22. The van der Waals surface area contributed by atoms with Crippen LogP contribution in [0.2, 0.25) is 0 Å². The third-order valence-corrected chi connectivity index (χ3v) is 2.92. The third kappa shape index (κ3) is 2.85. The zero-order valence-corrected chi connectivity index (χ0v) is 11.6. The molecular formula is C14H16N4O2. The van der Waals surface area contributed by atoms with Crippen molar-refractivity contribution in [2.45, 2.75) is 13.8 Å². The van der Waals surface area contributed by atoms with Gasteiger partial charge in [-0.2, -0.15) is 5.10 Å². The average molecular weight is 272 g/mol. The Morgan fingerprint density at radius 1 is 1.40 bits per heavy atom. The van der Waals surface area contributed by atoms with Gasteiger partial charge in [-0.3, -0.25) is 9.48 Å². The zero-order chi connectivity index (χ0) is 14.7. The van der Waals surface area contributed by atoms with Crippen LogP contribution in [0, 0.1) is 6.92 Å².